The fourth-order valence-electron chi connectivity index (χ4n) is 1.45. The van der Waals surface area contributed by atoms with Gasteiger partial charge in [0.15, 0.2) is 0 Å². The highest BCUT2D eigenvalue weighted by molar-refractivity contribution is 7.99. The maximum atomic E-state index is 13.7. The van der Waals surface area contributed by atoms with Gasteiger partial charge in [0.25, 0.3) is 0 Å². The molecule has 0 fully saturated rings. The molecule has 0 aliphatic heterocycles. The molecule has 94 valence electrons. The smallest absolute Gasteiger partial charge is 0.140 e. The van der Waals surface area contributed by atoms with E-state index >= 15 is 0 Å². The van der Waals surface area contributed by atoms with Crippen molar-refractivity contribution in [1.29, 1.82) is 0 Å². The van der Waals surface area contributed by atoms with Gasteiger partial charge >= 0.3 is 0 Å². The van der Waals surface area contributed by atoms with E-state index in [-0.39, 0.29) is 11.4 Å². The predicted octanol–water partition coefficient (Wildman–Crippen LogP) is 3.71. The number of benzene rings is 2. The Labute approximate surface area is 107 Å². The molecule has 2 rings (SSSR count). The highest BCUT2D eigenvalue weighted by Gasteiger charge is 2.12. The number of nitrogens with two attached hydrogens (primary N) is 1. The molecule has 0 bridgehead atoms. The second-order valence-corrected chi connectivity index (χ2v) is 4.73. The number of hydrogen-bond acceptors (Lipinski definition) is 2. The van der Waals surface area contributed by atoms with Crippen LogP contribution < -0.4 is 5.73 Å². The fraction of sp³-hybridized carbons (Fsp3) is 0.0769. The second kappa shape index (κ2) is 5.46. The van der Waals surface area contributed by atoms with E-state index in [0.29, 0.717) is 10.5 Å². The van der Waals surface area contributed by atoms with Crippen molar-refractivity contribution in [2.24, 2.45) is 5.73 Å². The average Bonchev–Trinajstić information content (AvgIpc) is 2.35. The van der Waals surface area contributed by atoms with Crippen LogP contribution in [0.3, 0.4) is 0 Å². The van der Waals surface area contributed by atoms with Crippen LogP contribution >= 0.6 is 11.8 Å². The minimum Gasteiger partial charge on any atom is -0.326 e. The van der Waals surface area contributed by atoms with Crippen molar-refractivity contribution < 1.29 is 13.2 Å². The molecule has 0 saturated heterocycles. The van der Waals surface area contributed by atoms with E-state index in [2.05, 4.69) is 0 Å². The van der Waals surface area contributed by atoms with Gasteiger partial charge in [0.1, 0.15) is 17.5 Å². The lowest BCUT2D eigenvalue weighted by Gasteiger charge is -2.07. The first-order chi connectivity index (χ1) is 8.60. The van der Waals surface area contributed by atoms with Crippen molar-refractivity contribution in [3.63, 3.8) is 0 Å². The third-order valence-electron chi connectivity index (χ3n) is 2.33. The minimum atomic E-state index is -0.662. The van der Waals surface area contributed by atoms with E-state index in [1.54, 1.807) is 0 Å². The molecule has 0 atom stereocenters. The van der Waals surface area contributed by atoms with Gasteiger partial charge in [-0.1, -0.05) is 11.8 Å². The highest BCUT2D eigenvalue weighted by Crippen LogP contribution is 2.32. The largest absolute Gasteiger partial charge is 0.326 e. The molecule has 1 nitrogen and oxygen atoms in total. The molecule has 0 radical (unpaired) electrons. The summed E-state index contributed by atoms with van der Waals surface area (Å²) in [5.41, 5.74) is 5.72. The van der Waals surface area contributed by atoms with Gasteiger partial charge in [0, 0.05) is 11.4 Å². The van der Waals surface area contributed by atoms with Crippen LogP contribution in [0.4, 0.5) is 13.2 Å². The average molecular weight is 269 g/mol. The van der Waals surface area contributed by atoms with Gasteiger partial charge in [-0.2, -0.15) is 0 Å². The van der Waals surface area contributed by atoms with Gasteiger partial charge in [0.2, 0.25) is 0 Å². The fourth-order valence-corrected chi connectivity index (χ4v) is 2.27. The number of rotatable bonds is 3. The van der Waals surface area contributed by atoms with Gasteiger partial charge < -0.3 is 5.73 Å². The van der Waals surface area contributed by atoms with E-state index in [1.165, 1.54) is 36.4 Å². The molecule has 0 aliphatic rings. The lowest BCUT2D eigenvalue weighted by molar-refractivity contribution is 0.537. The van der Waals surface area contributed by atoms with Crippen molar-refractivity contribution in [3.05, 3.63) is 59.4 Å². The Bertz CT molecular complexity index is 532. The molecule has 0 amide bonds. The van der Waals surface area contributed by atoms with Crippen LogP contribution in [0, 0.1) is 17.5 Å². The summed E-state index contributed by atoms with van der Waals surface area (Å²) in [5, 5.41) is 0. The first-order valence-electron chi connectivity index (χ1n) is 5.21. The molecule has 0 spiro atoms. The van der Waals surface area contributed by atoms with Gasteiger partial charge in [-0.15, -0.1) is 0 Å². The van der Waals surface area contributed by atoms with E-state index in [9.17, 15) is 13.2 Å². The standard InChI is InChI=1S/C13H10F3NS/c14-9-1-3-10(4-2-9)18-13-11(15)5-8(7-17)6-12(13)16/h1-6H,7,17H2. The van der Waals surface area contributed by atoms with Crippen LogP contribution in [0.5, 0.6) is 0 Å². The Morgan fingerprint density at radius 1 is 0.944 bits per heavy atom. The van der Waals surface area contributed by atoms with Crippen LogP contribution in [0.25, 0.3) is 0 Å². The Kier molecular flexibility index (Phi) is 3.93. The SMILES string of the molecule is NCc1cc(F)c(Sc2ccc(F)cc2)c(F)c1. The summed E-state index contributed by atoms with van der Waals surface area (Å²) in [5.74, 6) is -1.71. The zero-order valence-corrected chi connectivity index (χ0v) is 10.1. The van der Waals surface area contributed by atoms with Crippen molar-refractivity contribution in [3.8, 4) is 0 Å². The maximum absolute atomic E-state index is 13.7. The number of hydrogen-bond donors (Lipinski definition) is 1. The molecular weight excluding hydrogens is 259 g/mol. The van der Waals surface area contributed by atoms with E-state index in [0.717, 1.165) is 11.8 Å². The van der Waals surface area contributed by atoms with Crippen LogP contribution in [0.2, 0.25) is 0 Å². The molecule has 2 aromatic carbocycles. The maximum Gasteiger partial charge on any atom is 0.140 e. The van der Waals surface area contributed by atoms with Crippen LogP contribution in [0.1, 0.15) is 5.56 Å². The third-order valence-corrected chi connectivity index (χ3v) is 3.43. The topological polar surface area (TPSA) is 26.0 Å². The first-order valence-corrected chi connectivity index (χ1v) is 6.03. The minimum absolute atomic E-state index is 0.0787. The molecule has 0 saturated carbocycles. The summed E-state index contributed by atoms with van der Waals surface area (Å²) in [7, 11) is 0. The van der Waals surface area contributed by atoms with Crippen molar-refractivity contribution in [2.75, 3.05) is 0 Å². The van der Waals surface area contributed by atoms with Crippen molar-refractivity contribution in [2.45, 2.75) is 16.3 Å². The van der Waals surface area contributed by atoms with Crippen LogP contribution in [-0.2, 0) is 6.54 Å². The second-order valence-electron chi connectivity index (χ2n) is 3.65. The van der Waals surface area contributed by atoms with E-state index in [1.807, 2.05) is 0 Å². The summed E-state index contributed by atoms with van der Waals surface area (Å²) in [6.07, 6.45) is 0. The Balaban J connectivity index is 2.31. The Morgan fingerprint density at radius 2 is 1.50 bits per heavy atom. The molecular formula is C13H10F3NS. The molecule has 0 heterocycles. The van der Waals surface area contributed by atoms with E-state index in [4.69, 9.17) is 5.73 Å². The molecule has 0 unspecified atom stereocenters. The lowest BCUT2D eigenvalue weighted by Crippen LogP contribution is -1.99. The predicted molar refractivity (Wildman–Crippen MR) is 64.8 cm³/mol. The van der Waals surface area contributed by atoms with Gasteiger partial charge in [-0.05, 0) is 42.0 Å². The molecule has 2 aromatic rings. The molecule has 0 aliphatic carbocycles. The normalized spacial score (nSPS) is 10.7. The quantitative estimate of drug-likeness (QED) is 0.919. The van der Waals surface area contributed by atoms with Crippen molar-refractivity contribution in [1.82, 2.24) is 0 Å². The number of halogens is 3. The Hall–Kier alpha value is -1.46. The summed E-state index contributed by atoms with van der Waals surface area (Å²) in [6.45, 7) is 0.0787. The zero-order valence-electron chi connectivity index (χ0n) is 9.29. The molecule has 18 heavy (non-hydrogen) atoms. The van der Waals surface area contributed by atoms with Crippen molar-refractivity contribution >= 4 is 11.8 Å². The highest BCUT2D eigenvalue weighted by atomic mass is 32.2. The molecule has 5 heteroatoms. The molecule has 2 N–H and O–H groups in total. The summed E-state index contributed by atoms with van der Waals surface area (Å²) >= 11 is 0.911. The molecule has 0 aromatic heterocycles. The van der Waals surface area contributed by atoms with Gasteiger partial charge in [-0.3, -0.25) is 0 Å². The van der Waals surface area contributed by atoms with E-state index < -0.39 is 17.5 Å². The first kappa shape index (κ1) is 13.0. The summed E-state index contributed by atoms with van der Waals surface area (Å²) in [4.78, 5) is 0.452. The summed E-state index contributed by atoms with van der Waals surface area (Å²) < 4.78 is 40.1. The summed E-state index contributed by atoms with van der Waals surface area (Å²) in [6, 6.07) is 7.83. The van der Waals surface area contributed by atoms with Gasteiger partial charge in [0.05, 0.1) is 4.90 Å². The monoisotopic (exact) mass is 269 g/mol. The third kappa shape index (κ3) is 2.86. The lowest BCUT2D eigenvalue weighted by atomic mass is 10.2. The Morgan fingerprint density at radius 3 is 2.00 bits per heavy atom. The van der Waals surface area contributed by atoms with Crippen LogP contribution in [0.15, 0.2) is 46.2 Å². The zero-order chi connectivity index (χ0) is 13.1. The van der Waals surface area contributed by atoms with Crippen LogP contribution in [-0.4, -0.2) is 0 Å². The van der Waals surface area contributed by atoms with Gasteiger partial charge in [-0.25, -0.2) is 13.2 Å².